The van der Waals surface area contributed by atoms with Gasteiger partial charge in [-0.1, -0.05) is 23.8 Å². The second kappa shape index (κ2) is 8.07. The van der Waals surface area contributed by atoms with Crippen molar-refractivity contribution in [3.8, 4) is 5.75 Å². The van der Waals surface area contributed by atoms with E-state index in [1.54, 1.807) is 13.2 Å². The molecule has 0 aliphatic carbocycles. The van der Waals surface area contributed by atoms with Gasteiger partial charge in [0.1, 0.15) is 17.1 Å². The predicted molar refractivity (Wildman–Crippen MR) is 113 cm³/mol. The summed E-state index contributed by atoms with van der Waals surface area (Å²) in [4.78, 5) is 17.2. The fourth-order valence-electron chi connectivity index (χ4n) is 3.81. The lowest BCUT2D eigenvalue weighted by molar-refractivity contribution is 0.255. The Labute approximate surface area is 165 Å². The fraction of sp³-hybridized carbons (Fsp3) is 0.348. The zero-order valence-corrected chi connectivity index (χ0v) is 16.5. The molecule has 0 unspecified atom stereocenters. The molecule has 0 N–H and O–H groups in total. The summed E-state index contributed by atoms with van der Waals surface area (Å²) in [6.07, 6.45) is 0.744. The molecule has 1 aliphatic rings. The summed E-state index contributed by atoms with van der Waals surface area (Å²) >= 11 is 0. The first-order chi connectivity index (χ1) is 13.6. The van der Waals surface area contributed by atoms with E-state index >= 15 is 0 Å². The van der Waals surface area contributed by atoms with Gasteiger partial charge in [-0.15, -0.1) is 0 Å². The number of methoxy groups -OCH3 is 1. The van der Waals surface area contributed by atoms with E-state index in [1.165, 1.54) is 0 Å². The van der Waals surface area contributed by atoms with E-state index in [0.717, 1.165) is 61.9 Å². The standard InChI is InChI=1S/C23H26N2O3/c1-17-7-8-22-19(15-17)21(26)16-18(28-22)9-10-24-11-13-25(14-12-24)20-5-3-4-6-23(20)27-2/h3-8,15-16H,9-14H2,1-2H3. The summed E-state index contributed by atoms with van der Waals surface area (Å²) < 4.78 is 11.4. The van der Waals surface area contributed by atoms with Crippen LogP contribution in [-0.4, -0.2) is 44.7 Å². The quantitative estimate of drug-likeness (QED) is 0.680. The van der Waals surface area contributed by atoms with Crippen molar-refractivity contribution in [1.29, 1.82) is 0 Å². The fourth-order valence-corrected chi connectivity index (χ4v) is 3.81. The third-order valence-corrected chi connectivity index (χ3v) is 5.41. The molecule has 2 heterocycles. The normalized spacial score (nSPS) is 15.1. The zero-order chi connectivity index (χ0) is 19.5. The van der Waals surface area contributed by atoms with Crippen molar-refractivity contribution in [2.24, 2.45) is 0 Å². The number of benzene rings is 2. The summed E-state index contributed by atoms with van der Waals surface area (Å²) in [6, 6.07) is 15.6. The molecule has 28 heavy (non-hydrogen) atoms. The number of para-hydroxylation sites is 2. The minimum atomic E-state index is 0.0425. The molecule has 5 nitrogen and oxygen atoms in total. The lowest BCUT2D eigenvalue weighted by atomic mass is 10.1. The second-order valence-electron chi connectivity index (χ2n) is 7.33. The molecule has 0 saturated carbocycles. The maximum absolute atomic E-state index is 12.4. The number of ether oxygens (including phenoxy) is 1. The molecule has 1 saturated heterocycles. The van der Waals surface area contributed by atoms with Gasteiger partial charge >= 0.3 is 0 Å². The molecule has 5 heteroatoms. The van der Waals surface area contributed by atoms with E-state index in [1.807, 2.05) is 43.3 Å². The van der Waals surface area contributed by atoms with E-state index in [2.05, 4.69) is 15.9 Å². The van der Waals surface area contributed by atoms with E-state index in [0.29, 0.717) is 11.0 Å². The van der Waals surface area contributed by atoms with Gasteiger partial charge in [-0.2, -0.15) is 0 Å². The van der Waals surface area contributed by atoms with Gasteiger partial charge < -0.3 is 14.1 Å². The average molecular weight is 378 g/mol. The Kier molecular flexibility index (Phi) is 5.35. The number of aryl methyl sites for hydroxylation is 1. The molecule has 0 atom stereocenters. The Morgan fingerprint density at radius 3 is 2.61 bits per heavy atom. The minimum absolute atomic E-state index is 0.0425. The van der Waals surface area contributed by atoms with Crippen molar-refractivity contribution in [2.45, 2.75) is 13.3 Å². The summed E-state index contributed by atoms with van der Waals surface area (Å²) in [6.45, 7) is 6.75. The molecular formula is C23H26N2O3. The van der Waals surface area contributed by atoms with Crippen LogP contribution in [0.5, 0.6) is 5.75 Å². The first kappa shape index (κ1) is 18.6. The van der Waals surface area contributed by atoms with E-state index in [9.17, 15) is 4.79 Å². The van der Waals surface area contributed by atoms with Crippen LogP contribution in [0.1, 0.15) is 11.3 Å². The van der Waals surface area contributed by atoms with Crippen molar-refractivity contribution >= 4 is 16.7 Å². The highest BCUT2D eigenvalue weighted by molar-refractivity contribution is 5.77. The summed E-state index contributed by atoms with van der Waals surface area (Å²) in [5, 5.41) is 0.661. The van der Waals surface area contributed by atoms with Crippen molar-refractivity contribution in [2.75, 3.05) is 44.7 Å². The lowest BCUT2D eigenvalue weighted by Gasteiger charge is -2.36. The Morgan fingerprint density at radius 2 is 1.82 bits per heavy atom. The molecule has 1 aromatic heterocycles. The number of rotatable bonds is 5. The Hall–Kier alpha value is -2.79. The summed E-state index contributed by atoms with van der Waals surface area (Å²) in [5.74, 6) is 1.68. The van der Waals surface area contributed by atoms with Gasteiger partial charge in [0.2, 0.25) is 0 Å². The van der Waals surface area contributed by atoms with Crippen molar-refractivity contribution in [1.82, 2.24) is 4.90 Å². The Morgan fingerprint density at radius 1 is 1.04 bits per heavy atom. The van der Waals surface area contributed by atoms with Gasteiger partial charge in [-0.3, -0.25) is 9.69 Å². The number of fused-ring (bicyclic) bond motifs is 1. The third kappa shape index (κ3) is 3.90. The van der Waals surface area contributed by atoms with E-state index in [4.69, 9.17) is 9.15 Å². The number of hydrogen-bond acceptors (Lipinski definition) is 5. The molecule has 4 rings (SSSR count). The molecule has 0 radical (unpaired) electrons. The first-order valence-corrected chi connectivity index (χ1v) is 9.78. The molecule has 0 amide bonds. The van der Waals surface area contributed by atoms with Gasteiger partial charge in [0.25, 0.3) is 0 Å². The maximum Gasteiger partial charge on any atom is 0.192 e. The predicted octanol–water partition coefficient (Wildman–Crippen LogP) is 3.47. The summed E-state index contributed by atoms with van der Waals surface area (Å²) in [5.41, 5.74) is 2.94. The van der Waals surface area contributed by atoms with Gasteiger partial charge in [0.15, 0.2) is 5.43 Å². The Bertz CT molecular complexity index is 1020. The van der Waals surface area contributed by atoms with Crippen LogP contribution in [0.2, 0.25) is 0 Å². The smallest absolute Gasteiger partial charge is 0.192 e. The molecule has 1 aliphatic heterocycles. The molecule has 0 bridgehead atoms. The molecule has 2 aromatic carbocycles. The summed E-state index contributed by atoms with van der Waals surface area (Å²) in [7, 11) is 1.72. The van der Waals surface area contributed by atoms with Crippen LogP contribution >= 0.6 is 0 Å². The Balaban J connectivity index is 1.37. The number of anilines is 1. The first-order valence-electron chi connectivity index (χ1n) is 9.78. The van der Waals surface area contributed by atoms with Crippen LogP contribution in [0.15, 0.2) is 57.7 Å². The van der Waals surface area contributed by atoms with Crippen LogP contribution in [0.4, 0.5) is 5.69 Å². The maximum atomic E-state index is 12.4. The molecule has 0 spiro atoms. The number of nitrogens with zero attached hydrogens (tertiary/aromatic N) is 2. The van der Waals surface area contributed by atoms with E-state index < -0.39 is 0 Å². The van der Waals surface area contributed by atoms with Gasteiger partial charge in [-0.05, 0) is 31.2 Å². The number of hydrogen-bond donors (Lipinski definition) is 0. The minimum Gasteiger partial charge on any atom is -0.495 e. The van der Waals surface area contributed by atoms with Gasteiger partial charge in [0, 0.05) is 45.2 Å². The van der Waals surface area contributed by atoms with Crippen molar-refractivity contribution < 1.29 is 9.15 Å². The SMILES string of the molecule is COc1ccccc1N1CCN(CCc2cc(=O)c3cc(C)ccc3o2)CC1. The largest absolute Gasteiger partial charge is 0.495 e. The molecular weight excluding hydrogens is 352 g/mol. The van der Waals surface area contributed by atoms with Crippen LogP contribution in [0.25, 0.3) is 11.0 Å². The molecule has 1 fully saturated rings. The van der Waals surface area contributed by atoms with Crippen molar-refractivity contribution in [3.05, 3.63) is 70.1 Å². The van der Waals surface area contributed by atoms with Crippen LogP contribution in [0, 0.1) is 6.92 Å². The van der Waals surface area contributed by atoms with Gasteiger partial charge in [0.05, 0.1) is 18.2 Å². The highest BCUT2D eigenvalue weighted by atomic mass is 16.5. The monoisotopic (exact) mass is 378 g/mol. The van der Waals surface area contributed by atoms with E-state index in [-0.39, 0.29) is 5.43 Å². The molecule has 3 aromatic rings. The average Bonchev–Trinajstić information content (AvgIpc) is 2.73. The lowest BCUT2D eigenvalue weighted by Crippen LogP contribution is -2.47. The number of piperazine rings is 1. The highest BCUT2D eigenvalue weighted by Crippen LogP contribution is 2.28. The topological polar surface area (TPSA) is 45.9 Å². The zero-order valence-electron chi connectivity index (χ0n) is 16.5. The van der Waals surface area contributed by atoms with Gasteiger partial charge in [-0.25, -0.2) is 0 Å². The second-order valence-corrected chi connectivity index (χ2v) is 7.33. The van der Waals surface area contributed by atoms with Crippen molar-refractivity contribution in [3.63, 3.8) is 0 Å². The van der Waals surface area contributed by atoms with Crippen LogP contribution in [-0.2, 0) is 6.42 Å². The third-order valence-electron chi connectivity index (χ3n) is 5.41. The highest BCUT2D eigenvalue weighted by Gasteiger charge is 2.19. The van der Waals surface area contributed by atoms with Crippen LogP contribution in [0.3, 0.4) is 0 Å². The molecule has 146 valence electrons. The van der Waals surface area contributed by atoms with Crippen LogP contribution < -0.4 is 15.1 Å².